The van der Waals surface area contributed by atoms with Crippen LogP contribution in [0.2, 0.25) is 0 Å². The van der Waals surface area contributed by atoms with Crippen LogP contribution < -0.4 is 5.73 Å². The van der Waals surface area contributed by atoms with E-state index in [9.17, 15) is 0 Å². The van der Waals surface area contributed by atoms with Crippen LogP contribution in [-0.2, 0) is 15.0 Å². The third kappa shape index (κ3) is 2.07. The molecule has 18 heavy (non-hydrogen) atoms. The van der Waals surface area contributed by atoms with Gasteiger partial charge in [-0.25, -0.2) is 0 Å². The van der Waals surface area contributed by atoms with E-state index >= 15 is 0 Å². The van der Waals surface area contributed by atoms with E-state index in [1.807, 2.05) is 13.8 Å². The first-order valence-corrected chi connectivity index (χ1v) is 6.70. The molecule has 0 bridgehead atoms. The van der Waals surface area contributed by atoms with Crippen molar-refractivity contribution in [3.8, 4) is 0 Å². The van der Waals surface area contributed by atoms with Crippen molar-refractivity contribution in [2.75, 3.05) is 6.61 Å². The first-order chi connectivity index (χ1) is 8.49. The Balaban J connectivity index is 1.83. The molecule has 2 N–H and O–H groups in total. The average molecular weight is 247 g/mol. The molecule has 98 valence electrons. The van der Waals surface area contributed by atoms with Gasteiger partial charge in [-0.1, -0.05) is 24.3 Å². The highest BCUT2D eigenvalue weighted by Crippen LogP contribution is 2.40. The van der Waals surface area contributed by atoms with Gasteiger partial charge in [-0.15, -0.1) is 0 Å². The second-order valence-electron chi connectivity index (χ2n) is 5.95. The van der Waals surface area contributed by atoms with Gasteiger partial charge < -0.3 is 15.2 Å². The van der Waals surface area contributed by atoms with Crippen LogP contribution in [0.25, 0.3) is 0 Å². The fourth-order valence-corrected chi connectivity index (χ4v) is 2.75. The highest BCUT2D eigenvalue weighted by Gasteiger charge is 2.36. The highest BCUT2D eigenvalue weighted by molar-refractivity contribution is 5.32. The summed E-state index contributed by atoms with van der Waals surface area (Å²) in [4.78, 5) is 0. The Kier molecular flexibility index (Phi) is 2.73. The number of benzene rings is 1. The van der Waals surface area contributed by atoms with E-state index in [2.05, 4.69) is 24.3 Å². The zero-order chi connectivity index (χ0) is 12.8. The van der Waals surface area contributed by atoms with Gasteiger partial charge in [-0.3, -0.25) is 0 Å². The van der Waals surface area contributed by atoms with Crippen LogP contribution in [0, 0.1) is 0 Å². The standard InChI is InChI=1S/C15H21NO2/c1-14(2)17-10-13(18-14)11-5-3-6-12(9-11)15(16)7-4-8-15/h3,5-6,9,13H,4,7-8,10,16H2,1-2H3. The van der Waals surface area contributed by atoms with Gasteiger partial charge in [0.15, 0.2) is 5.79 Å². The van der Waals surface area contributed by atoms with Crippen LogP contribution in [0.1, 0.15) is 50.3 Å². The monoisotopic (exact) mass is 247 g/mol. The van der Waals surface area contributed by atoms with Gasteiger partial charge in [0.2, 0.25) is 0 Å². The summed E-state index contributed by atoms with van der Waals surface area (Å²) in [7, 11) is 0. The SMILES string of the molecule is CC1(C)OCC(c2cccc(C3(N)CCC3)c2)O1. The molecule has 1 aromatic rings. The highest BCUT2D eigenvalue weighted by atomic mass is 16.7. The first-order valence-electron chi connectivity index (χ1n) is 6.70. The van der Waals surface area contributed by atoms with E-state index in [1.54, 1.807) is 0 Å². The lowest BCUT2D eigenvalue weighted by molar-refractivity contribution is -0.139. The summed E-state index contributed by atoms with van der Waals surface area (Å²) in [6.07, 6.45) is 3.44. The van der Waals surface area contributed by atoms with Crippen molar-refractivity contribution in [1.29, 1.82) is 0 Å². The lowest BCUT2D eigenvalue weighted by atomic mass is 9.72. The van der Waals surface area contributed by atoms with Crippen LogP contribution in [0.5, 0.6) is 0 Å². The molecule has 1 saturated carbocycles. The largest absolute Gasteiger partial charge is 0.347 e. The van der Waals surface area contributed by atoms with Gasteiger partial charge in [0, 0.05) is 5.54 Å². The van der Waals surface area contributed by atoms with Crippen molar-refractivity contribution in [1.82, 2.24) is 0 Å². The Morgan fingerprint density at radius 3 is 2.61 bits per heavy atom. The van der Waals surface area contributed by atoms with Crippen LogP contribution in [0.4, 0.5) is 0 Å². The molecule has 1 atom stereocenters. The fourth-order valence-electron chi connectivity index (χ4n) is 2.75. The summed E-state index contributed by atoms with van der Waals surface area (Å²) in [5.41, 5.74) is 8.68. The molecule has 1 heterocycles. The Morgan fingerprint density at radius 1 is 1.28 bits per heavy atom. The Bertz CT molecular complexity index is 452. The summed E-state index contributed by atoms with van der Waals surface area (Å²) in [6.45, 7) is 4.52. The van der Waals surface area contributed by atoms with E-state index in [4.69, 9.17) is 15.2 Å². The summed E-state index contributed by atoms with van der Waals surface area (Å²) < 4.78 is 11.5. The Morgan fingerprint density at radius 2 is 2.06 bits per heavy atom. The minimum absolute atomic E-state index is 0.0311. The molecule has 3 nitrogen and oxygen atoms in total. The maximum absolute atomic E-state index is 6.37. The number of hydrogen-bond acceptors (Lipinski definition) is 3. The summed E-state index contributed by atoms with van der Waals surface area (Å²) in [5, 5.41) is 0. The number of ether oxygens (including phenoxy) is 2. The van der Waals surface area contributed by atoms with Crippen LogP contribution in [-0.4, -0.2) is 12.4 Å². The predicted octanol–water partition coefficient (Wildman–Crippen LogP) is 2.85. The molecule has 0 radical (unpaired) electrons. The van der Waals surface area contributed by atoms with Crippen LogP contribution in [0.3, 0.4) is 0 Å². The third-order valence-electron chi connectivity index (χ3n) is 4.09. The molecule has 1 saturated heterocycles. The van der Waals surface area contributed by atoms with E-state index in [0.29, 0.717) is 6.61 Å². The normalized spacial score (nSPS) is 28.9. The summed E-state index contributed by atoms with van der Waals surface area (Å²) in [6, 6.07) is 8.49. The number of nitrogens with two attached hydrogens (primary N) is 1. The molecule has 2 fully saturated rings. The number of hydrogen-bond donors (Lipinski definition) is 1. The second-order valence-corrected chi connectivity index (χ2v) is 5.95. The predicted molar refractivity (Wildman–Crippen MR) is 70.0 cm³/mol. The molecule has 1 aromatic carbocycles. The summed E-state index contributed by atoms with van der Waals surface area (Å²) in [5.74, 6) is -0.475. The van der Waals surface area contributed by atoms with E-state index in [-0.39, 0.29) is 11.6 Å². The molecule has 0 spiro atoms. The Labute approximate surface area is 108 Å². The van der Waals surface area contributed by atoms with Gasteiger partial charge >= 0.3 is 0 Å². The molecular weight excluding hydrogens is 226 g/mol. The molecular formula is C15H21NO2. The molecule has 1 unspecified atom stereocenters. The van der Waals surface area contributed by atoms with Gasteiger partial charge in [0.05, 0.1) is 6.61 Å². The molecule has 3 heteroatoms. The van der Waals surface area contributed by atoms with Gasteiger partial charge in [0.25, 0.3) is 0 Å². The van der Waals surface area contributed by atoms with E-state index < -0.39 is 5.79 Å². The van der Waals surface area contributed by atoms with Crippen molar-refractivity contribution in [3.05, 3.63) is 35.4 Å². The van der Waals surface area contributed by atoms with Gasteiger partial charge in [-0.05, 0) is 44.2 Å². The van der Waals surface area contributed by atoms with E-state index in [0.717, 1.165) is 12.8 Å². The Hall–Kier alpha value is -0.900. The van der Waals surface area contributed by atoms with Crippen molar-refractivity contribution < 1.29 is 9.47 Å². The molecule has 0 aromatic heterocycles. The van der Waals surface area contributed by atoms with Crippen molar-refractivity contribution in [3.63, 3.8) is 0 Å². The minimum Gasteiger partial charge on any atom is -0.347 e. The molecule has 3 rings (SSSR count). The first kappa shape index (κ1) is 12.2. The molecule has 0 amide bonds. The molecule has 1 aliphatic heterocycles. The lowest BCUT2D eigenvalue weighted by Crippen LogP contribution is -2.43. The van der Waals surface area contributed by atoms with Gasteiger partial charge in [0.1, 0.15) is 6.10 Å². The van der Waals surface area contributed by atoms with Crippen LogP contribution in [0.15, 0.2) is 24.3 Å². The smallest absolute Gasteiger partial charge is 0.163 e. The van der Waals surface area contributed by atoms with E-state index in [1.165, 1.54) is 17.5 Å². The fraction of sp³-hybridized carbons (Fsp3) is 0.600. The second kappa shape index (κ2) is 4.05. The molecule has 1 aliphatic carbocycles. The topological polar surface area (TPSA) is 44.5 Å². The van der Waals surface area contributed by atoms with Crippen molar-refractivity contribution in [2.45, 2.75) is 50.5 Å². The average Bonchev–Trinajstić information content (AvgIpc) is 2.67. The maximum atomic E-state index is 6.37. The minimum atomic E-state index is -0.475. The van der Waals surface area contributed by atoms with Gasteiger partial charge in [-0.2, -0.15) is 0 Å². The zero-order valence-corrected chi connectivity index (χ0v) is 11.1. The van der Waals surface area contributed by atoms with Crippen molar-refractivity contribution >= 4 is 0 Å². The molecule has 2 aliphatic rings. The maximum Gasteiger partial charge on any atom is 0.163 e. The zero-order valence-electron chi connectivity index (χ0n) is 11.1. The van der Waals surface area contributed by atoms with Crippen molar-refractivity contribution in [2.24, 2.45) is 5.73 Å². The van der Waals surface area contributed by atoms with Crippen LogP contribution >= 0.6 is 0 Å². The lowest BCUT2D eigenvalue weighted by Gasteiger charge is -2.39. The number of rotatable bonds is 2. The third-order valence-corrected chi connectivity index (χ3v) is 4.09. The quantitative estimate of drug-likeness (QED) is 0.874. The summed E-state index contributed by atoms with van der Waals surface area (Å²) >= 11 is 0.